The van der Waals surface area contributed by atoms with Crippen molar-refractivity contribution in [3.8, 4) is 5.75 Å². The third-order valence-electron chi connectivity index (χ3n) is 6.74. The Kier molecular flexibility index (Phi) is 7.40. The van der Waals surface area contributed by atoms with Crippen molar-refractivity contribution >= 4 is 23.5 Å². The Morgan fingerprint density at radius 2 is 1.79 bits per heavy atom. The molecule has 3 amide bonds. The number of nitrogens with zero attached hydrogens (tertiary/aromatic N) is 3. The van der Waals surface area contributed by atoms with E-state index in [0.29, 0.717) is 62.0 Å². The Morgan fingerprint density at radius 3 is 2.47 bits per heavy atom. The highest BCUT2D eigenvalue weighted by atomic mass is 35.5. The van der Waals surface area contributed by atoms with Crippen LogP contribution in [0.15, 0.2) is 42.5 Å². The first-order valence-corrected chi connectivity index (χ1v) is 11.7. The van der Waals surface area contributed by atoms with Gasteiger partial charge in [-0.05, 0) is 42.7 Å². The lowest BCUT2D eigenvalue weighted by Crippen LogP contribution is -2.57. The first-order chi connectivity index (χ1) is 16.4. The second kappa shape index (κ2) is 10.3. The fourth-order valence-corrected chi connectivity index (χ4v) is 5.06. The first kappa shape index (κ1) is 24.4. The Morgan fingerprint density at radius 1 is 1.06 bits per heavy atom. The third-order valence-corrected chi connectivity index (χ3v) is 7.10. The molecule has 34 heavy (non-hydrogen) atoms. The van der Waals surface area contributed by atoms with E-state index in [2.05, 4.69) is 4.90 Å². The number of carbonyl (C=O) groups is 2. The normalized spacial score (nSPS) is 18.2. The van der Waals surface area contributed by atoms with Gasteiger partial charge in [-0.15, -0.1) is 0 Å². The van der Waals surface area contributed by atoms with Crippen LogP contribution >= 0.6 is 11.6 Å². The first-order valence-electron chi connectivity index (χ1n) is 11.3. The summed E-state index contributed by atoms with van der Waals surface area (Å²) in [7, 11) is 3.15. The van der Waals surface area contributed by atoms with E-state index in [0.717, 1.165) is 5.56 Å². The van der Waals surface area contributed by atoms with Crippen molar-refractivity contribution in [1.82, 2.24) is 14.7 Å². The average molecular weight is 490 g/mol. The number of piperidine rings is 1. The number of benzene rings is 2. The summed E-state index contributed by atoms with van der Waals surface area (Å²) in [6, 6.07) is 11.7. The van der Waals surface area contributed by atoms with Gasteiger partial charge >= 0.3 is 6.03 Å². The maximum absolute atomic E-state index is 14.3. The summed E-state index contributed by atoms with van der Waals surface area (Å²) in [4.78, 5) is 32.1. The molecule has 2 aromatic rings. The van der Waals surface area contributed by atoms with E-state index < -0.39 is 5.54 Å². The van der Waals surface area contributed by atoms with Gasteiger partial charge in [-0.1, -0.05) is 29.8 Å². The topological polar surface area (TPSA) is 62.3 Å². The van der Waals surface area contributed by atoms with Crippen molar-refractivity contribution in [1.29, 1.82) is 0 Å². The standard InChI is InChI=1S/C25H29ClFN3O4/c1-33-14-13-30-24(32)29(16-18-5-3-6-19(15-18)34-2)23(31)25(30)9-11-28(12-10-25)17-20-21(26)7-4-8-22(20)27/h3-8,15H,9-14,16-17H2,1-2H3. The van der Waals surface area contributed by atoms with Gasteiger partial charge in [0.25, 0.3) is 5.91 Å². The summed E-state index contributed by atoms with van der Waals surface area (Å²) in [6.45, 7) is 2.28. The van der Waals surface area contributed by atoms with Crippen molar-refractivity contribution < 1.29 is 23.5 Å². The van der Waals surface area contributed by atoms with Crippen molar-refractivity contribution in [2.75, 3.05) is 40.5 Å². The van der Waals surface area contributed by atoms with E-state index in [1.54, 1.807) is 31.3 Å². The van der Waals surface area contributed by atoms with Gasteiger partial charge in [0.15, 0.2) is 0 Å². The van der Waals surface area contributed by atoms with E-state index in [-0.39, 0.29) is 24.3 Å². The number of rotatable bonds is 8. The molecule has 0 saturated carbocycles. The Labute approximate surface area is 204 Å². The van der Waals surface area contributed by atoms with Gasteiger partial charge in [0.1, 0.15) is 17.1 Å². The number of hydrogen-bond acceptors (Lipinski definition) is 5. The summed E-state index contributed by atoms with van der Waals surface area (Å²) < 4.78 is 24.8. The number of amides is 3. The van der Waals surface area contributed by atoms with Crippen LogP contribution in [0.2, 0.25) is 5.02 Å². The highest BCUT2D eigenvalue weighted by molar-refractivity contribution is 6.31. The minimum absolute atomic E-state index is 0.175. The lowest BCUT2D eigenvalue weighted by molar-refractivity contribution is -0.136. The smallest absolute Gasteiger partial charge is 0.328 e. The van der Waals surface area contributed by atoms with Crippen LogP contribution in [-0.4, -0.2) is 72.6 Å². The van der Waals surface area contributed by atoms with Gasteiger partial charge in [0.05, 0.1) is 20.3 Å². The summed E-state index contributed by atoms with van der Waals surface area (Å²) in [5.41, 5.74) is 0.338. The van der Waals surface area contributed by atoms with Gasteiger partial charge in [0, 0.05) is 43.9 Å². The number of likely N-dealkylation sites (tertiary alicyclic amines) is 1. The summed E-state index contributed by atoms with van der Waals surface area (Å²) >= 11 is 6.21. The zero-order valence-electron chi connectivity index (χ0n) is 19.4. The summed E-state index contributed by atoms with van der Waals surface area (Å²) in [5.74, 6) is 0.133. The van der Waals surface area contributed by atoms with Gasteiger partial charge in [-0.2, -0.15) is 0 Å². The predicted octanol–water partition coefficient (Wildman–Crippen LogP) is 3.93. The maximum Gasteiger partial charge on any atom is 0.328 e. The lowest BCUT2D eigenvalue weighted by atomic mass is 9.85. The van der Waals surface area contributed by atoms with Crippen molar-refractivity contribution in [2.45, 2.75) is 31.5 Å². The number of carbonyl (C=O) groups excluding carboxylic acids is 2. The lowest BCUT2D eigenvalue weighted by Gasteiger charge is -2.42. The fraction of sp³-hybridized carbons (Fsp3) is 0.440. The molecule has 0 unspecified atom stereocenters. The van der Waals surface area contributed by atoms with Crippen molar-refractivity contribution in [3.63, 3.8) is 0 Å². The SMILES string of the molecule is COCCN1C(=O)N(Cc2cccc(OC)c2)C(=O)C12CCN(Cc1c(F)cccc1Cl)CC2. The van der Waals surface area contributed by atoms with E-state index in [9.17, 15) is 14.0 Å². The number of imide groups is 1. The molecule has 2 aromatic carbocycles. The summed E-state index contributed by atoms with van der Waals surface area (Å²) in [6.07, 6.45) is 0.921. The molecule has 2 fully saturated rings. The summed E-state index contributed by atoms with van der Waals surface area (Å²) in [5, 5.41) is 0.388. The molecule has 0 N–H and O–H groups in total. The quantitative estimate of drug-likeness (QED) is 0.526. The minimum atomic E-state index is -0.927. The zero-order valence-corrected chi connectivity index (χ0v) is 20.2. The molecule has 9 heteroatoms. The van der Waals surface area contributed by atoms with Crippen LogP contribution in [0.4, 0.5) is 9.18 Å². The molecule has 182 valence electrons. The van der Waals surface area contributed by atoms with Gasteiger partial charge in [0.2, 0.25) is 0 Å². The molecular weight excluding hydrogens is 461 g/mol. The van der Waals surface area contributed by atoms with Gasteiger partial charge in [-0.25, -0.2) is 9.18 Å². The molecule has 0 atom stereocenters. The van der Waals surface area contributed by atoms with Crippen LogP contribution in [0.3, 0.4) is 0 Å². The van der Waals surface area contributed by atoms with Crippen LogP contribution in [0.1, 0.15) is 24.0 Å². The van der Waals surface area contributed by atoms with Crippen LogP contribution in [-0.2, 0) is 22.6 Å². The fourth-order valence-electron chi connectivity index (χ4n) is 4.84. The highest BCUT2D eigenvalue weighted by Crippen LogP contribution is 2.38. The molecule has 1 spiro atoms. The second-order valence-corrected chi connectivity index (χ2v) is 9.08. The molecule has 0 aromatic heterocycles. The Hall–Kier alpha value is -2.68. The Bertz CT molecular complexity index is 1040. The van der Waals surface area contributed by atoms with Crippen LogP contribution < -0.4 is 4.74 Å². The third kappa shape index (κ3) is 4.62. The average Bonchev–Trinajstić information content (AvgIpc) is 3.02. The number of methoxy groups -OCH3 is 2. The number of ether oxygens (including phenoxy) is 2. The number of hydrogen-bond donors (Lipinski definition) is 0. The van der Waals surface area contributed by atoms with E-state index in [1.807, 2.05) is 24.3 Å². The largest absolute Gasteiger partial charge is 0.497 e. The molecule has 2 aliphatic heterocycles. The second-order valence-electron chi connectivity index (χ2n) is 8.68. The molecule has 2 aliphatic rings. The van der Waals surface area contributed by atoms with Crippen LogP contribution in [0.25, 0.3) is 0 Å². The van der Waals surface area contributed by atoms with Crippen LogP contribution in [0, 0.1) is 5.82 Å². The van der Waals surface area contributed by atoms with Gasteiger partial charge in [-0.3, -0.25) is 14.6 Å². The van der Waals surface area contributed by atoms with E-state index in [4.69, 9.17) is 21.1 Å². The molecule has 0 bridgehead atoms. The molecule has 4 rings (SSSR count). The predicted molar refractivity (Wildman–Crippen MR) is 126 cm³/mol. The highest BCUT2D eigenvalue weighted by Gasteiger charge is 2.57. The van der Waals surface area contributed by atoms with Crippen molar-refractivity contribution in [2.24, 2.45) is 0 Å². The van der Waals surface area contributed by atoms with Crippen molar-refractivity contribution in [3.05, 3.63) is 64.4 Å². The Balaban J connectivity index is 1.53. The molecule has 7 nitrogen and oxygen atoms in total. The zero-order chi connectivity index (χ0) is 24.3. The number of urea groups is 1. The number of halogens is 2. The molecule has 2 heterocycles. The van der Waals surface area contributed by atoms with Crippen LogP contribution in [0.5, 0.6) is 5.75 Å². The molecule has 0 radical (unpaired) electrons. The van der Waals surface area contributed by atoms with E-state index in [1.165, 1.54) is 11.0 Å². The minimum Gasteiger partial charge on any atom is -0.497 e. The molecular formula is C25H29ClFN3O4. The monoisotopic (exact) mass is 489 g/mol. The molecule has 0 aliphatic carbocycles. The maximum atomic E-state index is 14.3. The van der Waals surface area contributed by atoms with E-state index >= 15 is 0 Å². The van der Waals surface area contributed by atoms with Gasteiger partial charge < -0.3 is 14.4 Å². The molecule has 2 saturated heterocycles.